The first-order valence-electron chi connectivity index (χ1n) is 4.87. The van der Waals surface area contributed by atoms with Crippen molar-refractivity contribution in [3.05, 3.63) is 29.8 Å². The van der Waals surface area contributed by atoms with Crippen LogP contribution in [-0.4, -0.2) is 10.6 Å². The number of hydrogen-bond donors (Lipinski definition) is 2. The average molecular weight is 175 g/mol. The number of hydrogen-bond acceptors (Lipinski definition) is 2. The van der Waals surface area contributed by atoms with E-state index in [0.717, 1.165) is 24.1 Å². The molecule has 3 rings (SSSR count). The summed E-state index contributed by atoms with van der Waals surface area (Å²) in [6, 6.07) is 8.06. The van der Waals surface area contributed by atoms with Gasteiger partial charge in [-0.3, -0.25) is 0 Å². The van der Waals surface area contributed by atoms with Gasteiger partial charge >= 0.3 is 0 Å². The predicted molar refractivity (Wildman–Crippen MR) is 51.6 cm³/mol. The van der Waals surface area contributed by atoms with Crippen molar-refractivity contribution in [3.63, 3.8) is 0 Å². The molecular weight excluding hydrogens is 162 g/mol. The molecule has 1 unspecified atom stereocenters. The van der Waals surface area contributed by atoms with E-state index in [1.54, 1.807) is 0 Å². The van der Waals surface area contributed by atoms with Crippen molar-refractivity contribution in [2.24, 2.45) is 0 Å². The zero-order chi connectivity index (χ0) is 8.89. The fourth-order valence-corrected chi connectivity index (χ4v) is 2.44. The molecule has 2 nitrogen and oxygen atoms in total. The second-order valence-corrected chi connectivity index (χ2v) is 4.12. The molecule has 1 spiro atoms. The van der Waals surface area contributed by atoms with Gasteiger partial charge in [-0.05, 0) is 25.3 Å². The lowest BCUT2D eigenvalue weighted by Gasteiger charge is -2.41. The number of benzene rings is 1. The van der Waals surface area contributed by atoms with Crippen molar-refractivity contribution >= 4 is 5.69 Å². The number of nitrogens with one attached hydrogen (secondary N) is 1. The largest absolute Gasteiger partial charge is 0.386 e. The Morgan fingerprint density at radius 3 is 2.69 bits per heavy atom. The van der Waals surface area contributed by atoms with Crippen LogP contribution in [0.15, 0.2) is 24.3 Å². The quantitative estimate of drug-likeness (QED) is 0.632. The molecule has 1 aliphatic heterocycles. The maximum Gasteiger partial charge on any atom is 0.104 e. The minimum atomic E-state index is -0.294. The number of anilines is 1. The van der Waals surface area contributed by atoms with Crippen LogP contribution >= 0.6 is 0 Å². The summed E-state index contributed by atoms with van der Waals surface area (Å²) in [6.07, 6.45) is 3.14. The number of aliphatic hydroxyl groups is 1. The summed E-state index contributed by atoms with van der Waals surface area (Å²) < 4.78 is 0. The SMILES string of the molecule is OC1c2ccccc2NC12CCC2. The molecule has 2 N–H and O–H groups in total. The molecule has 1 fully saturated rings. The highest BCUT2D eigenvalue weighted by Crippen LogP contribution is 2.51. The Morgan fingerprint density at radius 2 is 2.08 bits per heavy atom. The van der Waals surface area contributed by atoms with Gasteiger partial charge in [-0.25, -0.2) is 0 Å². The van der Waals surface area contributed by atoms with Gasteiger partial charge in [0.05, 0.1) is 5.54 Å². The Kier molecular flexibility index (Phi) is 1.29. The van der Waals surface area contributed by atoms with Gasteiger partial charge in [0.25, 0.3) is 0 Å². The third-order valence-corrected chi connectivity index (χ3v) is 3.41. The van der Waals surface area contributed by atoms with Crippen LogP contribution in [-0.2, 0) is 0 Å². The normalized spacial score (nSPS) is 27.9. The highest BCUT2D eigenvalue weighted by molar-refractivity contribution is 5.61. The molecule has 2 aliphatic rings. The molecule has 2 heteroatoms. The molecule has 1 aliphatic carbocycles. The molecule has 1 saturated carbocycles. The van der Waals surface area contributed by atoms with E-state index in [1.165, 1.54) is 6.42 Å². The van der Waals surface area contributed by atoms with Crippen LogP contribution in [0.4, 0.5) is 5.69 Å². The number of fused-ring (bicyclic) bond motifs is 1. The fourth-order valence-electron chi connectivity index (χ4n) is 2.44. The van der Waals surface area contributed by atoms with Gasteiger partial charge in [-0.15, -0.1) is 0 Å². The summed E-state index contributed by atoms with van der Waals surface area (Å²) in [4.78, 5) is 0. The lowest BCUT2D eigenvalue weighted by Crippen LogP contribution is -2.46. The van der Waals surface area contributed by atoms with Crippen molar-refractivity contribution in [2.75, 3.05) is 5.32 Å². The summed E-state index contributed by atoms with van der Waals surface area (Å²) in [5.74, 6) is 0. The first-order chi connectivity index (χ1) is 6.32. The highest BCUT2D eigenvalue weighted by atomic mass is 16.3. The van der Waals surface area contributed by atoms with Crippen molar-refractivity contribution in [1.82, 2.24) is 0 Å². The Labute approximate surface area is 77.6 Å². The van der Waals surface area contributed by atoms with Gasteiger partial charge < -0.3 is 10.4 Å². The number of rotatable bonds is 0. The molecule has 13 heavy (non-hydrogen) atoms. The summed E-state index contributed by atoms with van der Waals surface area (Å²) in [6.45, 7) is 0. The molecule has 1 heterocycles. The fraction of sp³-hybridized carbons (Fsp3) is 0.455. The van der Waals surface area contributed by atoms with Gasteiger partial charge in [0, 0.05) is 11.3 Å². The van der Waals surface area contributed by atoms with Crippen LogP contribution in [0.5, 0.6) is 0 Å². The minimum absolute atomic E-state index is 0.0102. The molecule has 0 bridgehead atoms. The molecule has 0 saturated heterocycles. The lowest BCUT2D eigenvalue weighted by molar-refractivity contribution is 0.0594. The molecule has 0 aromatic heterocycles. The Bertz CT molecular complexity index is 344. The maximum atomic E-state index is 10.1. The van der Waals surface area contributed by atoms with E-state index in [2.05, 4.69) is 5.32 Å². The minimum Gasteiger partial charge on any atom is -0.386 e. The van der Waals surface area contributed by atoms with E-state index in [0.29, 0.717) is 0 Å². The second kappa shape index (κ2) is 2.26. The van der Waals surface area contributed by atoms with Gasteiger partial charge in [0.15, 0.2) is 0 Å². The molecule has 0 radical (unpaired) electrons. The highest BCUT2D eigenvalue weighted by Gasteiger charge is 2.48. The van der Waals surface area contributed by atoms with Gasteiger partial charge in [-0.1, -0.05) is 18.2 Å². The molecule has 0 amide bonds. The Hall–Kier alpha value is -1.02. The second-order valence-electron chi connectivity index (χ2n) is 4.12. The number of para-hydroxylation sites is 1. The lowest BCUT2D eigenvalue weighted by atomic mass is 9.73. The zero-order valence-corrected chi connectivity index (χ0v) is 7.46. The van der Waals surface area contributed by atoms with Crippen molar-refractivity contribution in [3.8, 4) is 0 Å². The third kappa shape index (κ3) is 0.814. The van der Waals surface area contributed by atoms with E-state index in [1.807, 2.05) is 24.3 Å². The zero-order valence-electron chi connectivity index (χ0n) is 7.46. The standard InChI is InChI=1S/C11H13NO/c13-10-8-4-1-2-5-9(8)12-11(10)6-3-7-11/h1-2,4-5,10,12-13H,3,6-7H2. The summed E-state index contributed by atoms with van der Waals surface area (Å²) >= 11 is 0. The van der Waals surface area contributed by atoms with E-state index >= 15 is 0 Å². The summed E-state index contributed by atoms with van der Waals surface area (Å²) in [5.41, 5.74) is 2.18. The van der Waals surface area contributed by atoms with Crippen LogP contribution < -0.4 is 5.32 Å². The van der Waals surface area contributed by atoms with Crippen LogP contribution in [0.25, 0.3) is 0 Å². The molecule has 1 atom stereocenters. The van der Waals surface area contributed by atoms with E-state index < -0.39 is 0 Å². The van der Waals surface area contributed by atoms with Gasteiger partial charge in [-0.2, -0.15) is 0 Å². The molecule has 68 valence electrons. The van der Waals surface area contributed by atoms with Crippen LogP contribution in [0.2, 0.25) is 0 Å². The van der Waals surface area contributed by atoms with Crippen LogP contribution in [0.3, 0.4) is 0 Å². The molecule has 1 aromatic rings. The van der Waals surface area contributed by atoms with Gasteiger partial charge in [0.1, 0.15) is 6.10 Å². The van der Waals surface area contributed by atoms with E-state index in [-0.39, 0.29) is 11.6 Å². The predicted octanol–water partition coefficient (Wildman–Crippen LogP) is 2.07. The first-order valence-corrected chi connectivity index (χ1v) is 4.87. The topological polar surface area (TPSA) is 32.3 Å². The van der Waals surface area contributed by atoms with Gasteiger partial charge in [0.2, 0.25) is 0 Å². The Balaban J connectivity index is 2.06. The smallest absolute Gasteiger partial charge is 0.104 e. The summed E-state index contributed by atoms with van der Waals surface area (Å²) in [7, 11) is 0. The molecular formula is C11H13NO. The van der Waals surface area contributed by atoms with Crippen LogP contribution in [0, 0.1) is 0 Å². The number of aliphatic hydroxyl groups excluding tert-OH is 1. The third-order valence-electron chi connectivity index (χ3n) is 3.41. The molecule has 1 aromatic carbocycles. The first kappa shape index (κ1) is 7.39. The Morgan fingerprint density at radius 1 is 1.31 bits per heavy atom. The summed E-state index contributed by atoms with van der Waals surface area (Å²) in [5, 5.41) is 13.5. The van der Waals surface area contributed by atoms with Crippen molar-refractivity contribution < 1.29 is 5.11 Å². The average Bonchev–Trinajstić information content (AvgIpc) is 2.40. The van der Waals surface area contributed by atoms with E-state index in [9.17, 15) is 5.11 Å². The van der Waals surface area contributed by atoms with Crippen LogP contribution in [0.1, 0.15) is 30.9 Å². The van der Waals surface area contributed by atoms with E-state index in [4.69, 9.17) is 0 Å². The van der Waals surface area contributed by atoms with Crippen molar-refractivity contribution in [2.45, 2.75) is 30.9 Å². The monoisotopic (exact) mass is 175 g/mol. The maximum absolute atomic E-state index is 10.1. The van der Waals surface area contributed by atoms with Crippen molar-refractivity contribution in [1.29, 1.82) is 0 Å².